The van der Waals surface area contributed by atoms with Crippen LogP contribution in [-0.4, -0.2) is 28.8 Å². The van der Waals surface area contributed by atoms with E-state index in [1.54, 1.807) is 20.8 Å². The summed E-state index contributed by atoms with van der Waals surface area (Å²) >= 11 is 0. The molecule has 4 N–H and O–H groups in total. The molecule has 0 aliphatic heterocycles. The van der Waals surface area contributed by atoms with Gasteiger partial charge in [0, 0.05) is 17.1 Å². The number of aliphatic carboxylic acids is 1. The van der Waals surface area contributed by atoms with Crippen molar-refractivity contribution in [2.24, 2.45) is 0 Å². The standard InChI is InChI=1S/C19H24N2O4/c1-19(2,3)25-18(24)21-13(11-17(22)23)10-12-6-4-8-15-14(12)7-5-9-16(15)20/h4-9,13H,10-11,20H2,1-3H3,(H,21,24)(H,22,23). The number of alkyl carbamates (subject to hydrolysis) is 1. The number of rotatable bonds is 5. The summed E-state index contributed by atoms with van der Waals surface area (Å²) in [5.41, 5.74) is 6.94. The summed E-state index contributed by atoms with van der Waals surface area (Å²) < 4.78 is 5.23. The van der Waals surface area contributed by atoms with Crippen LogP contribution in [0.5, 0.6) is 0 Å². The lowest BCUT2D eigenvalue weighted by Crippen LogP contribution is -2.41. The summed E-state index contributed by atoms with van der Waals surface area (Å²) in [4.78, 5) is 23.2. The van der Waals surface area contributed by atoms with Crippen molar-refractivity contribution in [1.82, 2.24) is 5.32 Å². The molecule has 0 spiro atoms. The van der Waals surface area contributed by atoms with Gasteiger partial charge in [-0.1, -0.05) is 30.3 Å². The summed E-state index contributed by atoms with van der Waals surface area (Å²) in [5, 5.41) is 13.7. The number of carbonyl (C=O) groups excluding carboxylic acids is 1. The summed E-state index contributed by atoms with van der Waals surface area (Å²) in [5.74, 6) is -0.985. The predicted molar refractivity (Wildman–Crippen MR) is 97.5 cm³/mol. The van der Waals surface area contributed by atoms with Crippen LogP contribution in [0.25, 0.3) is 10.8 Å². The van der Waals surface area contributed by atoms with Crippen molar-refractivity contribution in [2.75, 3.05) is 5.73 Å². The SMILES string of the molecule is CC(C)(C)OC(=O)NC(CC(=O)O)Cc1cccc2c(N)cccc12. The fraction of sp³-hybridized carbons (Fsp3) is 0.368. The topological polar surface area (TPSA) is 102 Å². The number of carboxylic acid groups (broad SMARTS) is 1. The van der Waals surface area contributed by atoms with Gasteiger partial charge in [0.05, 0.1) is 6.42 Å². The van der Waals surface area contributed by atoms with Crippen LogP contribution in [0.3, 0.4) is 0 Å². The van der Waals surface area contributed by atoms with Gasteiger partial charge in [-0.3, -0.25) is 4.79 Å². The number of nitrogens with two attached hydrogens (primary N) is 1. The van der Waals surface area contributed by atoms with Crippen molar-refractivity contribution < 1.29 is 19.4 Å². The van der Waals surface area contributed by atoms with Crippen molar-refractivity contribution in [2.45, 2.75) is 45.3 Å². The van der Waals surface area contributed by atoms with E-state index in [2.05, 4.69) is 5.32 Å². The molecule has 1 amide bonds. The van der Waals surface area contributed by atoms with Crippen LogP contribution >= 0.6 is 0 Å². The molecule has 0 aliphatic carbocycles. The highest BCUT2D eigenvalue weighted by Crippen LogP contribution is 2.25. The lowest BCUT2D eigenvalue weighted by atomic mass is 9.96. The van der Waals surface area contributed by atoms with E-state index in [0.29, 0.717) is 12.1 Å². The number of hydrogen-bond donors (Lipinski definition) is 3. The molecular weight excluding hydrogens is 320 g/mol. The van der Waals surface area contributed by atoms with Gasteiger partial charge in [-0.15, -0.1) is 0 Å². The van der Waals surface area contributed by atoms with E-state index in [-0.39, 0.29) is 6.42 Å². The Labute approximate surface area is 147 Å². The van der Waals surface area contributed by atoms with Gasteiger partial charge in [-0.05, 0) is 44.2 Å². The van der Waals surface area contributed by atoms with Crippen molar-refractivity contribution in [1.29, 1.82) is 0 Å². The van der Waals surface area contributed by atoms with Crippen LogP contribution < -0.4 is 11.1 Å². The Morgan fingerprint density at radius 2 is 1.80 bits per heavy atom. The van der Waals surface area contributed by atoms with Gasteiger partial charge >= 0.3 is 12.1 Å². The molecular formula is C19H24N2O4. The van der Waals surface area contributed by atoms with Crippen LogP contribution in [0.1, 0.15) is 32.8 Å². The fourth-order valence-corrected chi connectivity index (χ4v) is 2.70. The Hall–Kier alpha value is -2.76. The number of fused-ring (bicyclic) bond motifs is 1. The molecule has 2 aromatic rings. The zero-order chi connectivity index (χ0) is 18.6. The molecule has 0 saturated carbocycles. The van der Waals surface area contributed by atoms with E-state index in [1.165, 1.54) is 0 Å². The van der Waals surface area contributed by atoms with Crippen LogP contribution in [-0.2, 0) is 16.0 Å². The zero-order valence-corrected chi connectivity index (χ0v) is 14.7. The summed E-state index contributed by atoms with van der Waals surface area (Å²) in [7, 11) is 0. The second-order valence-corrected chi connectivity index (χ2v) is 7.00. The van der Waals surface area contributed by atoms with Gasteiger partial charge in [0.2, 0.25) is 0 Å². The number of anilines is 1. The number of carboxylic acids is 1. The molecule has 2 aromatic carbocycles. The van der Waals surface area contributed by atoms with Crippen LogP contribution in [0.2, 0.25) is 0 Å². The lowest BCUT2D eigenvalue weighted by Gasteiger charge is -2.23. The van der Waals surface area contributed by atoms with E-state index < -0.39 is 23.7 Å². The minimum Gasteiger partial charge on any atom is -0.481 e. The molecule has 0 bridgehead atoms. The van der Waals surface area contributed by atoms with Crippen LogP contribution in [0, 0.1) is 0 Å². The predicted octanol–water partition coefficient (Wildman–Crippen LogP) is 3.33. The monoisotopic (exact) mass is 344 g/mol. The molecule has 134 valence electrons. The molecule has 0 radical (unpaired) electrons. The second-order valence-electron chi connectivity index (χ2n) is 7.00. The van der Waals surface area contributed by atoms with Gasteiger partial charge in [0.15, 0.2) is 0 Å². The number of hydrogen-bond acceptors (Lipinski definition) is 4. The van der Waals surface area contributed by atoms with Crippen LogP contribution in [0.15, 0.2) is 36.4 Å². The van der Waals surface area contributed by atoms with Crippen molar-refractivity contribution in [3.8, 4) is 0 Å². The van der Waals surface area contributed by atoms with Gasteiger partial charge in [-0.25, -0.2) is 4.79 Å². The molecule has 0 fully saturated rings. The maximum Gasteiger partial charge on any atom is 0.407 e. The molecule has 0 heterocycles. The highest BCUT2D eigenvalue weighted by Gasteiger charge is 2.22. The molecule has 1 atom stereocenters. The molecule has 6 heteroatoms. The number of ether oxygens (including phenoxy) is 1. The third-order valence-electron chi connectivity index (χ3n) is 3.65. The van der Waals surface area contributed by atoms with E-state index in [1.807, 2.05) is 36.4 Å². The number of nitrogen functional groups attached to an aromatic ring is 1. The minimum atomic E-state index is -0.985. The molecule has 0 saturated heterocycles. The summed E-state index contributed by atoms with van der Waals surface area (Å²) in [6, 6.07) is 10.7. The fourth-order valence-electron chi connectivity index (χ4n) is 2.70. The van der Waals surface area contributed by atoms with Gasteiger partial charge in [0.25, 0.3) is 0 Å². The molecule has 2 rings (SSSR count). The first-order chi connectivity index (χ1) is 11.7. The maximum atomic E-state index is 12.0. The maximum absolute atomic E-state index is 12.0. The van der Waals surface area contributed by atoms with E-state index in [4.69, 9.17) is 15.6 Å². The second kappa shape index (κ2) is 7.42. The quantitative estimate of drug-likeness (QED) is 0.722. The first-order valence-electron chi connectivity index (χ1n) is 8.13. The Morgan fingerprint density at radius 3 is 2.44 bits per heavy atom. The number of carbonyl (C=O) groups is 2. The molecule has 25 heavy (non-hydrogen) atoms. The average Bonchev–Trinajstić information content (AvgIpc) is 2.45. The highest BCUT2D eigenvalue weighted by atomic mass is 16.6. The van der Waals surface area contributed by atoms with E-state index >= 15 is 0 Å². The number of nitrogens with one attached hydrogen (secondary N) is 1. The highest BCUT2D eigenvalue weighted by molar-refractivity contribution is 5.95. The minimum absolute atomic E-state index is 0.196. The summed E-state index contributed by atoms with van der Waals surface area (Å²) in [6.45, 7) is 5.27. The van der Waals surface area contributed by atoms with E-state index in [0.717, 1.165) is 16.3 Å². The Kier molecular flexibility index (Phi) is 5.51. The normalized spacial score (nSPS) is 12.6. The van der Waals surface area contributed by atoms with Gasteiger partial charge < -0.3 is 20.9 Å². The molecule has 0 aliphatic rings. The number of amides is 1. The van der Waals surface area contributed by atoms with Gasteiger partial charge in [0.1, 0.15) is 5.60 Å². The lowest BCUT2D eigenvalue weighted by molar-refractivity contribution is -0.137. The molecule has 1 unspecified atom stereocenters. The number of benzene rings is 2. The Bertz CT molecular complexity index is 781. The zero-order valence-electron chi connectivity index (χ0n) is 14.7. The van der Waals surface area contributed by atoms with Crippen molar-refractivity contribution >= 4 is 28.5 Å². The largest absolute Gasteiger partial charge is 0.481 e. The Balaban J connectivity index is 2.24. The first kappa shape index (κ1) is 18.6. The Morgan fingerprint density at radius 1 is 1.16 bits per heavy atom. The smallest absolute Gasteiger partial charge is 0.407 e. The third kappa shape index (κ3) is 5.38. The third-order valence-corrected chi connectivity index (χ3v) is 3.65. The van der Waals surface area contributed by atoms with Crippen molar-refractivity contribution in [3.63, 3.8) is 0 Å². The first-order valence-corrected chi connectivity index (χ1v) is 8.13. The van der Waals surface area contributed by atoms with Crippen molar-refractivity contribution in [3.05, 3.63) is 42.0 Å². The molecule has 6 nitrogen and oxygen atoms in total. The van der Waals surface area contributed by atoms with E-state index in [9.17, 15) is 9.59 Å². The van der Waals surface area contributed by atoms with Crippen LogP contribution in [0.4, 0.5) is 10.5 Å². The van der Waals surface area contributed by atoms with Gasteiger partial charge in [-0.2, -0.15) is 0 Å². The average molecular weight is 344 g/mol. The summed E-state index contributed by atoms with van der Waals surface area (Å²) in [6.07, 6.45) is -0.455. The molecule has 0 aromatic heterocycles.